The van der Waals surface area contributed by atoms with E-state index in [1.807, 2.05) is 27.7 Å². The second kappa shape index (κ2) is 10.7. The standard InChI is InChI=1S/C18H34F3N5O2/c1-6-22-15(23-9-11-25(5)13-18(19,20)21)24-14-8-7-10-26(12-14)16(27)28-17(2,3)4/h14H,6-13H2,1-5H3,(H2,22,23,24). The molecule has 0 aromatic carbocycles. The molecule has 2 N–H and O–H groups in total. The Hall–Kier alpha value is -1.71. The Morgan fingerprint density at radius 1 is 1.32 bits per heavy atom. The van der Waals surface area contributed by atoms with Crippen LogP contribution in [0.15, 0.2) is 4.99 Å². The van der Waals surface area contributed by atoms with E-state index < -0.39 is 18.3 Å². The number of carbonyl (C=O) groups excluding carboxylic acids is 1. The Labute approximate surface area is 165 Å². The lowest BCUT2D eigenvalue weighted by Crippen LogP contribution is -2.53. The lowest BCUT2D eigenvalue weighted by Gasteiger charge is -2.35. The predicted molar refractivity (Wildman–Crippen MR) is 103 cm³/mol. The molecule has 1 saturated heterocycles. The molecule has 0 radical (unpaired) electrons. The fourth-order valence-electron chi connectivity index (χ4n) is 2.82. The van der Waals surface area contributed by atoms with Gasteiger partial charge >= 0.3 is 12.3 Å². The van der Waals surface area contributed by atoms with Crippen molar-refractivity contribution in [3.05, 3.63) is 0 Å². The molecule has 1 fully saturated rings. The third-order valence-corrected chi connectivity index (χ3v) is 3.96. The van der Waals surface area contributed by atoms with Crippen molar-refractivity contribution in [2.75, 3.05) is 46.3 Å². The summed E-state index contributed by atoms with van der Waals surface area (Å²) in [5.41, 5.74) is -0.545. The van der Waals surface area contributed by atoms with Gasteiger partial charge in [0.05, 0.1) is 13.1 Å². The first-order valence-electron chi connectivity index (χ1n) is 9.67. The van der Waals surface area contributed by atoms with Crippen molar-refractivity contribution in [3.63, 3.8) is 0 Å². The summed E-state index contributed by atoms with van der Waals surface area (Å²) in [4.78, 5) is 19.5. The predicted octanol–water partition coefficient (Wildman–Crippen LogP) is 2.44. The molecule has 28 heavy (non-hydrogen) atoms. The van der Waals surface area contributed by atoms with Crippen LogP contribution in [0.5, 0.6) is 0 Å². The van der Waals surface area contributed by atoms with Gasteiger partial charge in [-0.25, -0.2) is 4.79 Å². The number of ether oxygens (including phenoxy) is 1. The first kappa shape index (κ1) is 24.3. The molecule has 1 rings (SSSR count). The zero-order valence-corrected chi connectivity index (χ0v) is 17.5. The number of halogens is 3. The second-order valence-corrected chi connectivity index (χ2v) is 8.02. The number of guanidine groups is 1. The summed E-state index contributed by atoms with van der Waals surface area (Å²) in [6.07, 6.45) is -2.84. The van der Waals surface area contributed by atoms with E-state index in [-0.39, 0.29) is 25.2 Å². The Kier molecular flexibility index (Phi) is 9.32. The van der Waals surface area contributed by atoms with Gasteiger partial charge in [0.25, 0.3) is 0 Å². The lowest BCUT2D eigenvalue weighted by molar-refractivity contribution is -0.142. The smallest absolute Gasteiger partial charge is 0.410 e. The quantitative estimate of drug-likeness (QED) is 0.521. The van der Waals surface area contributed by atoms with E-state index in [2.05, 4.69) is 15.6 Å². The number of piperidine rings is 1. The fourth-order valence-corrected chi connectivity index (χ4v) is 2.82. The number of hydrogen-bond donors (Lipinski definition) is 2. The highest BCUT2D eigenvalue weighted by atomic mass is 19.4. The summed E-state index contributed by atoms with van der Waals surface area (Å²) >= 11 is 0. The maximum atomic E-state index is 12.4. The van der Waals surface area contributed by atoms with Crippen molar-refractivity contribution in [1.82, 2.24) is 20.4 Å². The minimum Gasteiger partial charge on any atom is -0.444 e. The van der Waals surface area contributed by atoms with Gasteiger partial charge in [0.1, 0.15) is 5.60 Å². The van der Waals surface area contributed by atoms with Gasteiger partial charge in [0.15, 0.2) is 5.96 Å². The Bertz CT molecular complexity index is 520. The van der Waals surface area contributed by atoms with Crippen molar-refractivity contribution < 1.29 is 22.7 Å². The highest BCUT2D eigenvalue weighted by molar-refractivity contribution is 5.80. The highest BCUT2D eigenvalue weighted by Gasteiger charge is 2.29. The Morgan fingerprint density at radius 2 is 2.00 bits per heavy atom. The summed E-state index contributed by atoms with van der Waals surface area (Å²) in [7, 11) is 1.42. The van der Waals surface area contributed by atoms with Crippen LogP contribution >= 0.6 is 0 Å². The molecule has 1 heterocycles. The maximum Gasteiger partial charge on any atom is 0.410 e. The molecule has 1 aliphatic rings. The molecule has 164 valence electrons. The van der Waals surface area contributed by atoms with Crippen LogP contribution in [0.4, 0.5) is 18.0 Å². The van der Waals surface area contributed by atoms with E-state index in [9.17, 15) is 18.0 Å². The van der Waals surface area contributed by atoms with Gasteiger partial charge in [0, 0.05) is 32.2 Å². The van der Waals surface area contributed by atoms with Crippen LogP contribution in [-0.4, -0.2) is 86.0 Å². The summed E-state index contributed by atoms with van der Waals surface area (Å²) in [5, 5.41) is 6.37. The van der Waals surface area contributed by atoms with Crippen molar-refractivity contribution >= 4 is 12.1 Å². The average Bonchev–Trinajstić information content (AvgIpc) is 2.52. The van der Waals surface area contributed by atoms with Crippen LogP contribution < -0.4 is 10.6 Å². The number of rotatable bonds is 6. The van der Waals surface area contributed by atoms with Gasteiger partial charge < -0.3 is 20.3 Å². The number of hydrogen-bond acceptors (Lipinski definition) is 4. The van der Waals surface area contributed by atoms with E-state index in [0.29, 0.717) is 25.6 Å². The molecule has 0 aromatic heterocycles. The van der Waals surface area contributed by atoms with Crippen LogP contribution in [0.3, 0.4) is 0 Å². The molecule has 0 spiro atoms. The maximum absolute atomic E-state index is 12.4. The van der Waals surface area contributed by atoms with Crippen LogP contribution in [0.2, 0.25) is 0 Å². The van der Waals surface area contributed by atoms with Crippen molar-refractivity contribution in [3.8, 4) is 0 Å². The number of carbonyl (C=O) groups is 1. The summed E-state index contributed by atoms with van der Waals surface area (Å²) in [6, 6.07) is 0.00646. The molecule has 0 bridgehead atoms. The van der Waals surface area contributed by atoms with Gasteiger partial charge in [0.2, 0.25) is 0 Å². The molecule has 1 atom stereocenters. The van der Waals surface area contributed by atoms with E-state index in [0.717, 1.165) is 12.8 Å². The summed E-state index contributed by atoms with van der Waals surface area (Å²) < 4.78 is 42.6. The molecule has 1 unspecified atom stereocenters. The summed E-state index contributed by atoms with van der Waals surface area (Å²) in [6.45, 7) is 8.65. The van der Waals surface area contributed by atoms with Gasteiger partial charge in [-0.05, 0) is 47.6 Å². The van der Waals surface area contributed by atoms with Gasteiger partial charge in [-0.2, -0.15) is 13.2 Å². The van der Waals surface area contributed by atoms with Gasteiger partial charge in [-0.3, -0.25) is 9.89 Å². The number of likely N-dealkylation sites (tertiary alicyclic amines) is 1. The second-order valence-electron chi connectivity index (χ2n) is 8.02. The molecular weight excluding hydrogens is 375 g/mol. The molecular formula is C18H34F3N5O2. The minimum absolute atomic E-state index is 0.00646. The van der Waals surface area contributed by atoms with Crippen molar-refractivity contribution in [1.29, 1.82) is 0 Å². The molecule has 1 amide bonds. The first-order chi connectivity index (χ1) is 12.9. The molecule has 7 nitrogen and oxygen atoms in total. The number of alkyl halides is 3. The van der Waals surface area contributed by atoms with E-state index in [1.54, 1.807) is 4.90 Å². The van der Waals surface area contributed by atoms with Crippen molar-refractivity contribution in [2.24, 2.45) is 4.99 Å². The van der Waals surface area contributed by atoms with E-state index in [4.69, 9.17) is 4.74 Å². The third kappa shape index (κ3) is 10.6. The Balaban J connectivity index is 2.56. The van der Waals surface area contributed by atoms with Crippen LogP contribution in [0, 0.1) is 0 Å². The highest BCUT2D eigenvalue weighted by Crippen LogP contribution is 2.16. The fraction of sp³-hybridized carbons (Fsp3) is 0.889. The number of nitrogens with zero attached hydrogens (tertiary/aromatic N) is 3. The zero-order valence-electron chi connectivity index (χ0n) is 17.5. The molecule has 0 aliphatic carbocycles. The zero-order chi connectivity index (χ0) is 21.4. The minimum atomic E-state index is -4.21. The number of likely N-dealkylation sites (N-methyl/N-ethyl adjacent to an activating group) is 1. The van der Waals surface area contributed by atoms with Crippen LogP contribution in [0.25, 0.3) is 0 Å². The molecule has 10 heteroatoms. The average molecular weight is 409 g/mol. The molecule has 0 aromatic rings. The van der Waals surface area contributed by atoms with Gasteiger partial charge in [-0.1, -0.05) is 0 Å². The molecule has 0 saturated carbocycles. The Morgan fingerprint density at radius 3 is 2.57 bits per heavy atom. The van der Waals surface area contributed by atoms with Crippen LogP contribution in [0.1, 0.15) is 40.5 Å². The largest absolute Gasteiger partial charge is 0.444 e. The van der Waals surface area contributed by atoms with Crippen molar-refractivity contribution in [2.45, 2.75) is 58.4 Å². The SMILES string of the molecule is CCNC(=NCCN(C)CC(F)(F)F)NC1CCCN(C(=O)OC(C)(C)C)C1. The number of nitrogens with one attached hydrogen (secondary N) is 2. The summed E-state index contributed by atoms with van der Waals surface area (Å²) in [5.74, 6) is 0.541. The topological polar surface area (TPSA) is 69.2 Å². The third-order valence-electron chi connectivity index (χ3n) is 3.96. The lowest BCUT2D eigenvalue weighted by atomic mass is 10.1. The van der Waals surface area contributed by atoms with Gasteiger partial charge in [-0.15, -0.1) is 0 Å². The normalized spacial score (nSPS) is 19.0. The number of aliphatic imine (C=N–C) groups is 1. The number of amides is 1. The monoisotopic (exact) mass is 409 g/mol. The van der Waals surface area contributed by atoms with E-state index >= 15 is 0 Å². The molecule has 1 aliphatic heterocycles. The van der Waals surface area contributed by atoms with E-state index in [1.165, 1.54) is 11.9 Å². The first-order valence-corrected chi connectivity index (χ1v) is 9.67. The van der Waals surface area contributed by atoms with Crippen LogP contribution in [-0.2, 0) is 4.74 Å².